The molecular weight excluding hydrogens is 148 g/mol. The fourth-order valence-corrected chi connectivity index (χ4v) is 1.31. The molecule has 0 aliphatic heterocycles. The van der Waals surface area contributed by atoms with Gasteiger partial charge in [0.2, 0.25) is 0 Å². The van der Waals surface area contributed by atoms with E-state index in [1.54, 1.807) is 0 Å². The molecule has 0 fully saturated rings. The van der Waals surface area contributed by atoms with Gasteiger partial charge in [-0.25, -0.2) is 0 Å². The molecule has 58 valence electrons. The van der Waals surface area contributed by atoms with Gasteiger partial charge in [-0.2, -0.15) is 0 Å². The SMILES string of the molecule is ClCOC[C@H]1CC=CCC1. The summed E-state index contributed by atoms with van der Waals surface area (Å²) in [7, 11) is 0. The van der Waals surface area contributed by atoms with E-state index in [9.17, 15) is 0 Å². The predicted octanol–water partition coefficient (Wildman–Crippen LogP) is 2.56. The van der Waals surface area contributed by atoms with Gasteiger partial charge in [-0.05, 0) is 25.2 Å². The molecule has 0 saturated carbocycles. The fourth-order valence-electron chi connectivity index (χ4n) is 1.22. The first-order valence-corrected chi connectivity index (χ1v) is 4.25. The first-order chi connectivity index (χ1) is 4.93. The van der Waals surface area contributed by atoms with Crippen molar-refractivity contribution in [3.8, 4) is 0 Å². The van der Waals surface area contributed by atoms with Gasteiger partial charge < -0.3 is 4.74 Å². The van der Waals surface area contributed by atoms with Crippen LogP contribution in [0.2, 0.25) is 0 Å². The van der Waals surface area contributed by atoms with Crippen molar-refractivity contribution in [2.24, 2.45) is 5.92 Å². The van der Waals surface area contributed by atoms with Crippen molar-refractivity contribution in [3.63, 3.8) is 0 Å². The summed E-state index contributed by atoms with van der Waals surface area (Å²) in [5.41, 5.74) is 0. The molecule has 1 aliphatic rings. The van der Waals surface area contributed by atoms with Crippen LogP contribution in [-0.4, -0.2) is 12.7 Å². The van der Waals surface area contributed by atoms with Gasteiger partial charge >= 0.3 is 0 Å². The van der Waals surface area contributed by atoms with Crippen LogP contribution in [0.4, 0.5) is 0 Å². The molecule has 1 nitrogen and oxygen atoms in total. The van der Waals surface area contributed by atoms with E-state index >= 15 is 0 Å². The summed E-state index contributed by atoms with van der Waals surface area (Å²) >= 11 is 5.38. The predicted molar refractivity (Wildman–Crippen MR) is 43.2 cm³/mol. The molecule has 2 heteroatoms. The summed E-state index contributed by atoms with van der Waals surface area (Å²) in [6, 6.07) is 0.334. The summed E-state index contributed by atoms with van der Waals surface area (Å²) in [6.45, 7) is 0.827. The molecule has 0 spiro atoms. The number of hydrogen-bond donors (Lipinski definition) is 0. The Balaban J connectivity index is 2.10. The molecule has 1 aliphatic carbocycles. The molecule has 0 saturated heterocycles. The molecule has 0 unspecified atom stereocenters. The highest BCUT2D eigenvalue weighted by Gasteiger charge is 2.08. The van der Waals surface area contributed by atoms with Crippen LogP contribution in [0.1, 0.15) is 19.3 Å². The quantitative estimate of drug-likeness (QED) is 0.456. The Kier molecular flexibility index (Phi) is 3.84. The summed E-state index contributed by atoms with van der Waals surface area (Å²) in [4.78, 5) is 0. The van der Waals surface area contributed by atoms with Crippen molar-refractivity contribution >= 4 is 11.6 Å². The average Bonchev–Trinajstić information content (AvgIpc) is 2.03. The minimum atomic E-state index is 0.334. The number of halogens is 1. The summed E-state index contributed by atoms with van der Waals surface area (Å²) in [5.74, 6) is 0.712. The van der Waals surface area contributed by atoms with Crippen molar-refractivity contribution in [2.75, 3.05) is 12.7 Å². The van der Waals surface area contributed by atoms with Crippen LogP contribution in [0.5, 0.6) is 0 Å². The van der Waals surface area contributed by atoms with E-state index in [0.717, 1.165) is 13.0 Å². The van der Waals surface area contributed by atoms with Gasteiger partial charge in [0.15, 0.2) is 0 Å². The number of allylic oxidation sites excluding steroid dienone is 2. The maximum Gasteiger partial charge on any atom is 0.120 e. The van der Waals surface area contributed by atoms with E-state index in [0.29, 0.717) is 12.0 Å². The number of rotatable bonds is 3. The third-order valence-electron chi connectivity index (χ3n) is 1.81. The lowest BCUT2D eigenvalue weighted by atomic mass is 9.95. The van der Waals surface area contributed by atoms with Crippen LogP contribution in [0.15, 0.2) is 12.2 Å². The molecule has 0 amide bonds. The first kappa shape index (κ1) is 8.09. The van der Waals surface area contributed by atoms with E-state index in [4.69, 9.17) is 16.3 Å². The van der Waals surface area contributed by atoms with E-state index in [2.05, 4.69) is 12.2 Å². The Bertz CT molecular complexity index is 112. The lowest BCUT2D eigenvalue weighted by Crippen LogP contribution is -2.10. The van der Waals surface area contributed by atoms with Gasteiger partial charge in [0.1, 0.15) is 6.07 Å². The van der Waals surface area contributed by atoms with Crippen LogP contribution < -0.4 is 0 Å². The van der Waals surface area contributed by atoms with E-state index in [1.807, 2.05) is 0 Å². The molecule has 1 atom stereocenters. The Morgan fingerprint density at radius 1 is 1.50 bits per heavy atom. The highest BCUT2D eigenvalue weighted by atomic mass is 35.5. The number of ether oxygens (including phenoxy) is 1. The highest BCUT2D eigenvalue weighted by Crippen LogP contribution is 2.17. The highest BCUT2D eigenvalue weighted by molar-refractivity contribution is 6.17. The van der Waals surface area contributed by atoms with Crippen molar-refractivity contribution in [2.45, 2.75) is 19.3 Å². The van der Waals surface area contributed by atoms with Crippen molar-refractivity contribution < 1.29 is 4.74 Å². The van der Waals surface area contributed by atoms with Crippen molar-refractivity contribution in [1.82, 2.24) is 0 Å². The topological polar surface area (TPSA) is 9.23 Å². The second-order valence-corrected chi connectivity index (χ2v) is 2.85. The molecule has 0 aromatic carbocycles. The van der Waals surface area contributed by atoms with Crippen LogP contribution >= 0.6 is 11.6 Å². The van der Waals surface area contributed by atoms with Gasteiger partial charge in [-0.3, -0.25) is 0 Å². The first-order valence-electron chi connectivity index (χ1n) is 3.72. The molecule has 0 aromatic rings. The van der Waals surface area contributed by atoms with E-state index in [1.165, 1.54) is 12.8 Å². The number of alkyl halides is 1. The minimum absolute atomic E-state index is 0.334. The zero-order valence-corrected chi connectivity index (χ0v) is 6.81. The van der Waals surface area contributed by atoms with Crippen LogP contribution in [0, 0.1) is 5.92 Å². The standard InChI is InChI=1S/C8H13ClO/c9-7-10-6-8-4-2-1-3-5-8/h1-2,8H,3-7H2/t8-/m0/s1. The number of hydrogen-bond acceptors (Lipinski definition) is 1. The van der Waals surface area contributed by atoms with Gasteiger partial charge in [0, 0.05) is 0 Å². The van der Waals surface area contributed by atoms with E-state index in [-0.39, 0.29) is 0 Å². The van der Waals surface area contributed by atoms with Gasteiger partial charge in [0.25, 0.3) is 0 Å². The third kappa shape index (κ3) is 2.72. The summed E-state index contributed by atoms with van der Waals surface area (Å²) in [6.07, 6.45) is 8.09. The summed E-state index contributed by atoms with van der Waals surface area (Å²) < 4.78 is 5.10. The normalized spacial score (nSPS) is 25.1. The second-order valence-electron chi connectivity index (χ2n) is 2.63. The Morgan fingerprint density at radius 2 is 2.40 bits per heavy atom. The molecule has 1 rings (SSSR count). The van der Waals surface area contributed by atoms with Crippen molar-refractivity contribution in [1.29, 1.82) is 0 Å². The molecule has 0 radical (unpaired) electrons. The zero-order valence-electron chi connectivity index (χ0n) is 6.05. The van der Waals surface area contributed by atoms with E-state index < -0.39 is 0 Å². The van der Waals surface area contributed by atoms with Crippen LogP contribution in [-0.2, 0) is 4.74 Å². The van der Waals surface area contributed by atoms with Crippen LogP contribution in [0.25, 0.3) is 0 Å². The van der Waals surface area contributed by atoms with Gasteiger partial charge in [0.05, 0.1) is 6.61 Å². The van der Waals surface area contributed by atoms with Crippen molar-refractivity contribution in [3.05, 3.63) is 12.2 Å². The van der Waals surface area contributed by atoms with Gasteiger partial charge in [-0.1, -0.05) is 23.8 Å². The molecule has 0 N–H and O–H groups in total. The summed E-state index contributed by atoms with van der Waals surface area (Å²) in [5, 5.41) is 0. The average molecular weight is 161 g/mol. The Hall–Kier alpha value is -0.0100. The zero-order chi connectivity index (χ0) is 7.23. The monoisotopic (exact) mass is 160 g/mol. The Labute approximate surface area is 67.0 Å². The molecule has 10 heavy (non-hydrogen) atoms. The fraction of sp³-hybridized carbons (Fsp3) is 0.750. The maximum absolute atomic E-state index is 5.38. The largest absolute Gasteiger partial charge is 0.365 e. The smallest absolute Gasteiger partial charge is 0.120 e. The van der Waals surface area contributed by atoms with Gasteiger partial charge in [-0.15, -0.1) is 0 Å². The third-order valence-corrected chi connectivity index (χ3v) is 1.96. The second kappa shape index (κ2) is 4.75. The lowest BCUT2D eigenvalue weighted by molar-refractivity contribution is 0.132. The molecular formula is C8H13ClO. The molecule has 0 aromatic heterocycles. The molecule has 0 heterocycles. The molecule has 0 bridgehead atoms. The lowest BCUT2D eigenvalue weighted by Gasteiger charge is -2.16. The minimum Gasteiger partial charge on any atom is -0.365 e. The van der Waals surface area contributed by atoms with Crippen LogP contribution in [0.3, 0.4) is 0 Å². The Morgan fingerprint density at radius 3 is 3.00 bits per heavy atom. The maximum atomic E-state index is 5.38.